The van der Waals surface area contributed by atoms with Gasteiger partial charge in [-0.25, -0.2) is 0 Å². The first-order valence-corrected chi connectivity index (χ1v) is 5.02. The average Bonchev–Trinajstić information content (AvgIpc) is 1.64. The minimum absolute atomic E-state index is 0.0448. The van der Waals surface area contributed by atoms with Gasteiger partial charge in [-0.05, 0) is 0 Å². The molecule has 0 aromatic heterocycles. The molecule has 0 aliphatic rings. The smallest absolute Gasteiger partial charge is 0.125 e. The minimum atomic E-state index is -0.545. The minimum Gasteiger partial charge on any atom is -0.126 e. The lowest BCUT2D eigenvalue weighted by atomic mass is 10.5. The number of alkyl halides is 4. The summed E-state index contributed by atoms with van der Waals surface area (Å²) in [7, 11) is 0.815. The molecule has 0 nitrogen and oxygen atoms in total. The van der Waals surface area contributed by atoms with Gasteiger partial charge >= 0.3 is 0 Å². The van der Waals surface area contributed by atoms with Crippen LogP contribution in [0.3, 0.4) is 0 Å². The zero-order chi connectivity index (χ0) is 6.73. The van der Waals surface area contributed by atoms with Gasteiger partial charge in [0, 0.05) is 15.2 Å². The number of hydrogen-bond acceptors (Lipinski definition) is 0. The van der Waals surface area contributed by atoms with E-state index in [1.807, 2.05) is 0 Å². The van der Waals surface area contributed by atoms with E-state index in [4.69, 9.17) is 46.4 Å². The van der Waals surface area contributed by atoms with Crippen LogP contribution in [0.4, 0.5) is 0 Å². The third-order valence-electron chi connectivity index (χ3n) is 0.680. The molecule has 0 aromatic rings. The van der Waals surface area contributed by atoms with E-state index < -0.39 is 4.84 Å². The van der Waals surface area contributed by atoms with E-state index in [0.29, 0.717) is 0 Å². The molecule has 0 aliphatic heterocycles. The molecule has 2 atom stereocenters. The third-order valence-corrected chi connectivity index (χ3v) is 3.65. The molecule has 0 saturated carbocycles. The second-order valence-electron chi connectivity index (χ2n) is 1.46. The summed E-state index contributed by atoms with van der Waals surface area (Å²) >= 11 is 22.0. The van der Waals surface area contributed by atoms with E-state index in [-0.39, 0.29) is 10.4 Å². The van der Waals surface area contributed by atoms with Crippen molar-refractivity contribution in [2.75, 3.05) is 0 Å². The van der Waals surface area contributed by atoms with E-state index in [2.05, 4.69) is 0 Å². The van der Waals surface area contributed by atoms with Crippen molar-refractivity contribution >= 4 is 56.6 Å². The maximum atomic E-state index is 5.59. The average molecular weight is 212 g/mol. The Labute approximate surface area is 71.9 Å². The van der Waals surface area contributed by atoms with E-state index >= 15 is 0 Å². The molecule has 8 heavy (non-hydrogen) atoms. The van der Waals surface area contributed by atoms with E-state index in [1.54, 1.807) is 0 Å². The molecular formula is C3H6Cl4Si. The molecule has 0 aliphatic carbocycles. The summed E-state index contributed by atoms with van der Waals surface area (Å²) in [6.07, 6.45) is 0. The Balaban J connectivity index is 3.46. The highest BCUT2D eigenvalue weighted by Gasteiger charge is 2.18. The molecule has 0 fully saturated rings. The summed E-state index contributed by atoms with van der Waals surface area (Å²) in [5, 5.41) is -0.344. The molecule has 0 heterocycles. The fourth-order valence-corrected chi connectivity index (χ4v) is 1.80. The summed E-state index contributed by atoms with van der Waals surface area (Å²) in [5.41, 5.74) is 0. The van der Waals surface area contributed by atoms with E-state index in [0.717, 1.165) is 10.2 Å². The third kappa shape index (κ3) is 3.41. The predicted octanol–water partition coefficient (Wildman–Crippen LogP) is 1.33. The van der Waals surface area contributed by atoms with Crippen molar-refractivity contribution in [3.63, 3.8) is 0 Å². The number of hydrogen-bond donors (Lipinski definition) is 0. The van der Waals surface area contributed by atoms with Gasteiger partial charge in [0.15, 0.2) is 0 Å². The highest BCUT2D eigenvalue weighted by Crippen LogP contribution is 2.18. The van der Waals surface area contributed by atoms with E-state index in [1.165, 1.54) is 0 Å². The van der Waals surface area contributed by atoms with Gasteiger partial charge in [-0.3, -0.25) is 0 Å². The molecule has 0 amide bonds. The van der Waals surface area contributed by atoms with Gasteiger partial charge in [-0.1, -0.05) is 0 Å². The van der Waals surface area contributed by atoms with Gasteiger partial charge in [0.2, 0.25) is 0 Å². The van der Waals surface area contributed by atoms with Crippen LogP contribution < -0.4 is 0 Å². The van der Waals surface area contributed by atoms with Gasteiger partial charge in [0.1, 0.15) is 4.84 Å². The molecule has 0 radical (unpaired) electrons. The largest absolute Gasteiger partial charge is 0.126 e. The molecule has 0 N–H and O–H groups in total. The second kappa shape index (κ2) is 4.23. The molecule has 0 spiro atoms. The summed E-state index contributed by atoms with van der Waals surface area (Å²) in [5.74, 6) is 0. The molecule has 0 saturated heterocycles. The van der Waals surface area contributed by atoms with Crippen LogP contribution in [-0.2, 0) is 0 Å². The lowest BCUT2D eigenvalue weighted by Gasteiger charge is -2.10. The van der Waals surface area contributed by atoms with Crippen molar-refractivity contribution in [1.29, 1.82) is 0 Å². The molecular weight excluding hydrogens is 206 g/mol. The zero-order valence-electron chi connectivity index (χ0n) is 4.24. The normalized spacial score (nSPS) is 19.1. The molecule has 2 unspecified atom stereocenters. The van der Waals surface area contributed by atoms with Crippen LogP contribution in [0.5, 0.6) is 0 Å². The molecule has 0 aromatic carbocycles. The Bertz CT molecular complexity index is 56.3. The van der Waals surface area contributed by atoms with Crippen LogP contribution in [0.15, 0.2) is 0 Å². The van der Waals surface area contributed by atoms with Gasteiger partial charge < -0.3 is 0 Å². The Kier molecular flexibility index (Phi) is 4.96. The van der Waals surface area contributed by atoms with Gasteiger partial charge in [-0.2, -0.15) is 0 Å². The van der Waals surface area contributed by atoms with Crippen LogP contribution in [-0.4, -0.2) is 25.5 Å². The summed E-state index contributed by atoms with van der Waals surface area (Å²) in [4.78, 5) is -0.545. The summed E-state index contributed by atoms with van der Waals surface area (Å²) in [6.45, 7) is 0. The first-order chi connectivity index (χ1) is 3.55. The molecule has 0 bridgehead atoms. The van der Waals surface area contributed by atoms with Crippen molar-refractivity contribution in [3.05, 3.63) is 0 Å². The maximum absolute atomic E-state index is 5.59. The molecule has 5 heteroatoms. The highest BCUT2D eigenvalue weighted by molar-refractivity contribution is 6.52. The Hall–Kier alpha value is 1.38. The number of halogens is 4. The zero-order valence-corrected chi connectivity index (χ0v) is 9.27. The standard InChI is InChI=1S/C3H6Cl4Si/c4-1(2(5)6)3(7)8/h1-3H,8H3. The first-order valence-electron chi connectivity index (χ1n) is 2.12. The number of rotatable bonds is 2. The first kappa shape index (κ1) is 9.38. The van der Waals surface area contributed by atoms with Gasteiger partial charge in [0.25, 0.3) is 0 Å². The van der Waals surface area contributed by atoms with Crippen molar-refractivity contribution < 1.29 is 0 Å². The fourth-order valence-electron chi connectivity index (χ4n) is 0.200. The lowest BCUT2D eigenvalue weighted by Crippen LogP contribution is -2.21. The van der Waals surface area contributed by atoms with Crippen LogP contribution >= 0.6 is 46.4 Å². The van der Waals surface area contributed by atoms with Crippen molar-refractivity contribution in [2.24, 2.45) is 0 Å². The quantitative estimate of drug-likeness (QED) is 0.478. The van der Waals surface area contributed by atoms with Crippen molar-refractivity contribution in [2.45, 2.75) is 15.2 Å². The molecule has 0 rings (SSSR count). The molecule has 50 valence electrons. The monoisotopic (exact) mass is 210 g/mol. The fraction of sp³-hybridized carbons (Fsp3) is 1.00. The van der Waals surface area contributed by atoms with Gasteiger partial charge in [0.05, 0.1) is 5.38 Å². The van der Waals surface area contributed by atoms with Gasteiger partial charge in [-0.15, -0.1) is 46.4 Å². The highest BCUT2D eigenvalue weighted by atomic mass is 35.5. The summed E-state index contributed by atoms with van der Waals surface area (Å²) in [6, 6.07) is 0. The second-order valence-corrected chi connectivity index (χ2v) is 5.79. The Morgan fingerprint density at radius 2 is 1.38 bits per heavy atom. The van der Waals surface area contributed by atoms with Crippen molar-refractivity contribution in [1.82, 2.24) is 0 Å². The van der Waals surface area contributed by atoms with Crippen molar-refractivity contribution in [3.8, 4) is 0 Å². The van der Waals surface area contributed by atoms with Crippen LogP contribution in [0, 0.1) is 0 Å². The van der Waals surface area contributed by atoms with Crippen LogP contribution in [0.2, 0.25) is 0 Å². The Morgan fingerprint density at radius 1 is 1.00 bits per heavy atom. The van der Waals surface area contributed by atoms with Crippen LogP contribution in [0.25, 0.3) is 0 Å². The Morgan fingerprint density at radius 3 is 1.38 bits per heavy atom. The lowest BCUT2D eigenvalue weighted by molar-refractivity contribution is 1.00. The van der Waals surface area contributed by atoms with Crippen LogP contribution in [0.1, 0.15) is 0 Å². The topological polar surface area (TPSA) is 0 Å². The summed E-state index contributed by atoms with van der Waals surface area (Å²) < 4.78 is 0. The maximum Gasteiger partial charge on any atom is 0.125 e. The van der Waals surface area contributed by atoms with E-state index in [9.17, 15) is 0 Å². The predicted molar refractivity (Wildman–Crippen MR) is 44.7 cm³/mol. The SMILES string of the molecule is [SiH3]C(Cl)C(Cl)C(Cl)Cl.